The number of anilines is 1. The van der Waals surface area contributed by atoms with E-state index in [4.69, 9.17) is 24.1 Å². The van der Waals surface area contributed by atoms with E-state index in [0.29, 0.717) is 46.2 Å². The van der Waals surface area contributed by atoms with E-state index in [1.54, 1.807) is 0 Å². The van der Waals surface area contributed by atoms with Crippen LogP contribution in [0.25, 0.3) is 0 Å². The molecule has 7 heteroatoms. The smallest absolute Gasteiger partial charge is 0.305 e. The highest BCUT2D eigenvalue weighted by Crippen LogP contribution is 2.24. The Balaban J connectivity index is 1.30. The average molecular weight is 454 g/mol. The first kappa shape index (κ1) is 24.7. The van der Waals surface area contributed by atoms with Crippen LogP contribution in [0.1, 0.15) is 23.1 Å². The number of carbonyl (C=O) groups is 1. The van der Waals surface area contributed by atoms with Gasteiger partial charge >= 0.3 is 5.97 Å². The Morgan fingerprint density at radius 2 is 1.30 bits per heavy atom. The summed E-state index contributed by atoms with van der Waals surface area (Å²) in [6.45, 7) is 5.12. The predicted octanol–water partition coefficient (Wildman–Crippen LogP) is 2.95. The van der Waals surface area contributed by atoms with Crippen molar-refractivity contribution in [1.29, 1.82) is 0 Å². The molecule has 1 aliphatic heterocycles. The molecule has 0 fully saturated rings. The summed E-state index contributed by atoms with van der Waals surface area (Å²) in [7, 11) is 0. The third-order valence-electron chi connectivity index (χ3n) is 5.04. The fourth-order valence-electron chi connectivity index (χ4n) is 3.36. The number of fused-ring (bicyclic) bond motifs is 2. The molecule has 0 aliphatic carbocycles. The molecular formula is C26H31NO6. The number of carboxylic acid groups (broad SMARTS) is 1. The van der Waals surface area contributed by atoms with Crippen molar-refractivity contribution in [3.8, 4) is 11.8 Å². The molecule has 0 amide bonds. The average Bonchev–Trinajstić information content (AvgIpc) is 2.81. The van der Waals surface area contributed by atoms with Crippen LogP contribution < -0.4 is 4.90 Å². The van der Waals surface area contributed by atoms with E-state index in [2.05, 4.69) is 47.1 Å². The summed E-state index contributed by atoms with van der Waals surface area (Å²) in [5.74, 6) is 5.75. The van der Waals surface area contributed by atoms with Gasteiger partial charge in [0.25, 0.3) is 0 Å². The number of carboxylic acids is 1. The van der Waals surface area contributed by atoms with Crippen molar-refractivity contribution < 1.29 is 28.8 Å². The molecule has 2 aromatic rings. The van der Waals surface area contributed by atoms with E-state index in [1.165, 1.54) is 5.56 Å². The summed E-state index contributed by atoms with van der Waals surface area (Å²) in [6.07, 6.45) is 0.00870. The first-order chi connectivity index (χ1) is 16.2. The molecule has 1 aliphatic rings. The molecule has 0 saturated carbocycles. The number of ether oxygens (including phenoxy) is 4. The third kappa shape index (κ3) is 8.87. The van der Waals surface area contributed by atoms with Gasteiger partial charge in [-0.3, -0.25) is 4.79 Å². The van der Waals surface area contributed by atoms with Crippen LogP contribution in [0, 0.1) is 11.8 Å². The van der Waals surface area contributed by atoms with E-state index in [0.717, 1.165) is 29.9 Å². The zero-order chi connectivity index (χ0) is 23.1. The van der Waals surface area contributed by atoms with Crippen molar-refractivity contribution in [3.05, 3.63) is 65.2 Å². The molecule has 0 bridgehead atoms. The summed E-state index contributed by atoms with van der Waals surface area (Å²) in [5, 5.41) is 8.51. The van der Waals surface area contributed by atoms with Crippen molar-refractivity contribution in [2.75, 3.05) is 64.3 Å². The van der Waals surface area contributed by atoms with E-state index in [9.17, 15) is 4.79 Å². The van der Waals surface area contributed by atoms with E-state index < -0.39 is 5.97 Å². The highest BCUT2D eigenvalue weighted by Gasteiger charge is 2.14. The molecule has 0 aromatic heterocycles. The molecule has 0 radical (unpaired) electrons. The second kappa shape index (κ2) is 14.3. The minimum Gasteiger partial charge on any atom is -0.481 e. The summed E-state index contributed by atoms with van der Waals surface area (Å²) >= 11 is 0. The lowest BCUT2D eigenvalue weighted by molar-refractivity contribution is -0.138. The minimum absolute atomic E-state index is 0.00870. The molecule has 176 valence electrons. The number of para-hydroxylation sites is 1. The van der Waals surface area contributed by atoms with Gasteiger partial charge in [-0.2, -0.15) is 0 Å². The summed E-state index contributed by atoms with van der Waals surface area (Å²) in [4.78, 5) is 12.7. The Bertz CT molecular complexity index is 936. The predicted molar refractivity (Wildman–Crippen MR) is 125 cm³/mol. The first-order valence-corrected chi connectivity index (χ1v) is 11.2. The zero-order valence-corrected chi connectivity index (χ0v) is 18.8. The van der Waals surface area contributed by atoms with Gasteiger partial charge < -0.3 is 29.0 Å². The highest BCUT2D eigenvalue weighted by atomic mass is 16.6. The molecule has 0 saturated heterocycles. The Morgan fingerprint density at radius 3 is 2.00 bits per heavy atom. The van der Waals surface area contributed by atoms with Crippen molar-refractivity contribution in [3.63, 3.8) is 0 Å². The molecule has 3 rings (SSSR count). The maximum Gasteiger partial charge on any atom is 0.305 e. The highest BCUT2D eigenvalue weighted by molar-refractivity contribution is 5.66. The fraction of sp³-hybridized carbons (Fsp3) is 0.423. The van der Waals surface area contributed by atoms with E-state index >= 15 is 0 Å². The zero-order valence-electron chi connectivity index (χ0n) is 18.8. The van der Waals surface area contributed by atoms with Crippen molar-refractivity contribution in [2.45, 2.75) is 13.0 Å². The topological polar surface area (TPSA) is 77.5 Å². The van der Waals surface area contributed by atoms with Crippen LogP contribution >= 0.6 is 0 Å². The lowest BCUT2D eigenvalue weighted by Gasteiger charge is -2.27. The molecule has 0 atom stereocenters. The third-order valence-corrected chi connectivity index (χ3v) is 5.04. The van der Waals surface area contributed by atoms with E-state index in [-0.39, 0.29) is 13.0 Å². The second-order valence-electron chi connectivity index (χ2n) is 7.44. The Morgan fingerprint density at radius 1 is 0.758 bits per heavy atom. The maximum absolute atomic E-state index is 10.4. The standard InChI is InChI=1S/C26H31NO6/c28-26(29)11-13-30-15-17-32-19-20-33-18-16-31-14-12-27-21-24-7-2-1-5-22(24)9-10-23-6-3-4-8-25(23)27/h1-8H,11-21H2,(H,28,29). The minimum atomic E-state index is -0.863. The quantitative estimate of drug-likeness (QED) is 0.328. The van der Waals surface area contributed by atoms with Crippen LogP contribution in [0.4, 0.5) is 5.69 Å². The van der Waals surface area contributed by atoms with Crippen molar-refractivity contribution >= 4 is 11.7 Å². The van der Waals surface area contributed by atoms with Crippen LogP contribution in [-0.4, -0.2) is 70.5 Å². The summed E-state index contributed by atoms with van der Waals surface area (Å²) < 4.78 is 21.8. The van der Waals surface area contributed by atoms with Gasteiger partial charge in [-0.15, -0.1) is 0 Å². The van der Waals surface area contributed by atoms with Crippen LogP contribution in [0.15, 0.2) is 48.5 Å². The lowest BCUT2D eigenvalue weighted by Crippen LogP contribution is -2.29. The molecule has 2 aromatic carbocycles. The Hall–Kier alpha value is -2.89. The largest absolute Gasteiger partial charge is 0.481 e. The van der Waals surface area contributed by atoms with Crippen molar-refractivity contribution in [2.24, 2.45) is 0 Å². The molecular weight excluding hydrogens is 422 g/mol. The number of hydrogen-bond donors (Lipinski definition) is 1. The number of benzene rings is 2. The van der Waals surface area contributed by atoms with Crippen LogP contribution in [0.3, 0.4) is 0 Å². The number of rotatable bonds is 15. The molecule has 1 N–H and O–H groups in total. The normalized spacial score (nSPS) is 12.2. The van der Waals surface area contributed by atoms with Gasteiger partial charge in [0.2, 0.25) is 0 Å². The molecule has 0 spiro atoms. The van der Waals surface area contributed by atoms with Gasteiger partial charge in [0.1, 0.15) is 0 Å². The van der Waals surface area contributed by atoms with Gasteiger partial charge in [0.05, 0.1) is 65.0 Å². The number of aliphatic carboxylic acids is 1. The van der Waals surface area contributed by atoms with Crippen LogP contribution in [0.5, 0.6) is 0 Å². The monoisotopic (exact) mass is 453 g/mol. The molecule has 33 heavy (non-hydrogen) atoms. The molecule has 7 nitrogen and oxygen atoms in total. The van der Waals surface area contributed by atoms with E-state index in [1.807, 2.05) is 18.2 Å². The molecule has 1 heterocycles. The summed E-state index contributed by atoms with van der Waals surface area (Å²) in [6, 6.07) is 16.5. The second-order valence-corrected chi connectivity index (χ2v) is 7.44. The summed E-state index contributed by atoms with van der Waals surface area (Å²) in [5.41, 5.74) is 4.45. The van der Waals surface area contributed by atoms with Gasteiger partial charge in [0, 0.05) is 24.2 Å². The number of hydrogen-bond acceptors (Lipinski definition) is 6. The van der Waals surface area contributed by atoms with Crippen LogP contribution in [0.2, 0.25) is 0 Å². The SMILES string of the molecule is O=C(O)CCOCCOCCOCCOCCN1Cc2ccccc2C#Cc2ccccc21. The Kier molecular flexibility index (Phi) is 10.7. The molecule has 0 unspecified atom stereocenters. The van der Waals surface area contributed by atoms with Crippen LogP contribution in [-0.2, 0) is 30.3 Å². The van der Waals surface area contributed by atoms with Gasteiger partial charge in [-0.25, -0.2) is 0 Å². The Labute approximate surface area is 195 Å². The van der Waals surface area contributed by atoms with Crippen molar-refractivity contribution in [1.82, 2.24) is 0 Å². The first-order valence-electron chi connectivity index (χ1n) is 11.2. The van der Waals surface area contributed by atoms with Gasteiger partial charge in [-0.1, -0.05) is 42.2 Å². The lowest BCUT2D eigenvalue weighted by atomic mass is 10.0. The maximum atomic E-state index is 10.4. The number of nitrogens with zero attached hydrogens (tertiary/aromatic N) is 1. The van der Waals surface area contributed by atoms with Gasteiger partial charge in [0.15, 0.2) is 0 Å². The van der Waals surface area contributed by atoms with Gasteiger partial charge in [-0.05, 0) is 23.8 Å². The fourth-order valence-corrected chi connectivity index (χ4v) is 3.36.